The van der Waals surface area contributed by atoms with E-state index in [4.69, 9.17) is 15.4 Å². The first kappa shape index (κ1) is 13.2. The molecule has 0 unspecified atom stereocenters. The van der Waals surface area contributed by atoms with Crippen molar-refractivity contribution < 1.29 is 14.6 Å². The van der Waals surface area contributed by atoms with Gasteiger partial charge in [-0.25, -0.2) is 4.79 Å². The second-order valence-electron chi connectivity index (χ2n) is 2.95. The fourth-order valence-corrected chi connectivity index (χ4v) is 2.04. The van der Waals surface area contributed by atoms with Gasteiger partial charge in [0.05, 0.1) is 12.8 Å². The van der Waals surface area contributed by atoms with E-state index in [1.54, 1.807) is 0 Å². The lowest BCUT2D eigenvalue weighted by atomic mass is 10.2. The molecule has 90 valence electrons. The zero-order valence-corrected chi connectivity index (χ0v) is 10.2. The van der Waals surface area contributed by atoms with Crippen LogP contribution in [0.1, 0.15) is 17.3 Å². The Labute approximate surface area is 102 Å². The molecule has 1 aromatic carbocycles. The number of nitrogens with zero attached hydrogens (tertiary/aromatic N) is 3. The van der Waals surface area contributed by atoms with E-state index in [0.717, 1.165) is 5.75 Å². The molecule has 1 N–H and O–H groups in total. The normalized spacial score (nSPS) is 9.53. The molecular formula is C10H11N3O3S. The van der Waals surface area contributed by atoms with Gasteiger partial charge in [-0.05, 0) is 23.4 Å². The maximum absolute atomic E-state index is 11.0. The number of aromatic carboxylic acids is 1. The summed E-state index contributed by atoms with van der Waals surface area (Å²) in [5, 5.41) is 12.5. The molecular weight excluding hydrogens is 242 g/mol. The molecule has 0 aliphatic carbocycles. The molecule has 0 aromatic heterocycles. The van der Waals surface area contributed by atoms with Gasteiger partial charge in [0.15, 0.2) is 0 Å². The predicted octanol–water partition coefficient (Wildman–Crippen LogP) is 3.45. The number of ether oxygens (including phenoxy) is 1. The first-order chi connectivity index (χ1) is 8.13. The van der Waals surface area contributed by atoms with Crippen molar-refractivity contribution in [2.45, 2.75) is 11.8 Å². The lowest BCUT2D eigenvalue weighted by Crippen LogP contribution is -2.00. The molecule has 0 radical (unpaired) electrons. The quantitative estimate of drug-likeness (QED) is 0.376. The molecule has 0 saturated heterocycles. The number of hydrogen-bond acceptors (Lipinski definition) is 4. The Balaban J connectivity index is 3.41. The summed E-state index contributed by atoms with van der Waals surface area (Å²) in [6.07, 6.45) is 0. The van der Waals surface area contributed by atoms with Crippen molar-refractivity contribution in [2.24, 2.45) is 5.11 Å². The van der Waals surface area contributed by atoms with Gasteiger partial charge in [0, 0.05) is 9.81 Å². The van der Waals surface area contributed by atoms with Gasteiger partial charge in [-0.1, -0.05) is 12.0 Å². The summed E-state index contributed by atoms with van der Waals surface area (Å²) >= 11 is 1.41. The van der Waals surface area contributed by atoms with Crippen LogP contribution in [0.2, 0.25) is 0 Å². The Bertz CT molecular complexity index is 484. The second-order valence-corrected chi connectivity index (χ2v) is 4.25. The molecule has 0 fully saturated rings. The van der Waals surface area contributed by atoms with E-state index >= 15 is 0 Å². The van der Waals surface area contributed by atoms with E-state index in [0.29, 0.717) is 10.6 Å². The molecule has 6 nitrogen and oxygen atoms in total. The summed E-state index contributed by atoms with van der Waals surface area (Å²) in [6.45, 7) is 1.93. The van der Waals surface area contributed by atoms with Crippen molar-refractivity contribution >= 4 is 23.4 Å². The van der Waals surface area contributed by atoms with Crippen LogP contribution >= 0.6 is 11.8 Å². The van der Waals surface area contributed by atoms with Crippen LogP contribution in [0.5, 0.6) is 5.75 Å². The van der Waals surface area contributed by atoms with E-state index in [1.807, 2.05) is 6.92 Å². The molecule has 0 saturated carbocycles. The van der Waals surface area contributed by atoms with Gasteiger partial charge in [-0.2, -0.15) is 0 Å². The topological polar surface area (TPSA) is 95.3 Å². The maximum atomic E-state index is 11.0. The van der Waals surface area contributed by atoms with Crippen molar-refractivity contribution in [3.8, 4) is 5.75 Å². The van der Waals surface area contributed by atoms with Crippen LogP contribution in [0.3, 0.4) is 0 Å². The Hall–Kier alpha value is -1.85. The van der Waals surface area contributed by atoms with Gasteiger partial charge < -0.3 is 9.84 Å². The molecule has 0 amide bonds. The van der Waals surface area contributed by atoms with Crippen molar-refractivity contribution in [1.82, 2.24) is 0 Å². The van der Waals surface area contributed by atoms with Gasteiger partial charge in [0.2, 0.25) is 0 Å². The zero-order chi connectivity index (χ0) is 12.8. The number of thioether (sulfide) groups is 1. The number of azide groups is 1. The summed E-state index contributed by atoms with van der Waals surface area (Å²) in [5.74, 6) is -0.146. The van der Waals surface area contributed by atoms with E-state index in [-0.39, 0.29) is 11.3 Å². The highest BCUT2D eigenvalue weighted by Crippen LogP contribution is 2.35. The largest absolute Gasteiger partial charge is 0.496 e. The summed E-state index contributed by atoms with van der Waals surface area (Å²) in [7, 11) is 1.37. The molecule has 17 heavy (non-hydrogen) atoms. The molecule has 0 aliphatic rings. The van der Waals surface area contributed by atoms with Crippen LogP contribution in [-0.4, -0.2) is 23.9 Å². The molecule has 1 aromatic rings. The number of hydrogen-bond donors (Lipinski definition) is 1. The lowest BCUT2D eigenvalue weighted by molar-refractivity contribution is 0.0693. The monoisotopic (exact) mass is 253 g/mol. The second kappa shape index (κ2) is 6.03. The third-order valence-electron chi connectivity index (χ3n) is 1.96. The zero-order valence-electron chi connectivity index (χ0n) is 9.38. The number of benzene rings is 1. The molecule has 0 aliphatic heterocycles. The number of methoxy groups -OCH3 is 1. The molecule has 0 bridgehead atoms. The Morgan fingerprint density at radius 1 is 1.65 bits per heavy atom. The Morgan fingerprint density at radius 3 is 2.82 bits per heavy atom. The standard InChI is InChI=1S/C10H11N3O3S/c1-3-17-9-4-6(10(14)15)8(16-2)5-7(9)12-13-11/h4-5H,3H2,1-2H3,(H,14,15). The first-order valence-corrected chi connectivity index (χ1v) is 5.75. The Kier molecular flexibility index (Phi) is 4.68. The van der Waals surface area contributed by atoms with Crippen molar-refractivity contribution in [2.75, 3.05) is 12.9 Å². The number of carboxylic acid groups (broad SMARTS) is 1. The van der Waals surface area contributed by atoms with Crippen molar-refractivity contribution in [1.29, 1.82) is 0 Å². The summed E-state index contributed by atoms with van der Waals surface area (Å²) in [4.78, 5) is 14.3. The lowest BCUT2D eigenvalue weighted by Gasteiger charge is -2.09. The van der Waals surface area contributed by atoms with Gasteiger partial charge >= 0.3 is 5.97 Å². The van der Waals surface area contributed by atoms with Crippen LogP contribution in [0, 0.1) is 0 Å². The van der Waals surface area contributed by atoms with Crippen LogP contribution < -0.4 is 4.74 Å². The highest BCUT2D eigenvalue weighted by Gasteiger charge is 2.15. The van der Waals surface area contributed by atoms with Gasteiger partial charge in [0.1, 0.15) is 11.3 Å². The number of carbonyl (C=O) groups is 1. The van der Waals surface area contributed by atoms with E-state index in [9.17, 15) is 4.79 Å². The van der Waals surface area contributed by atoms with Crippen LogP contribution in [0.4, 0.5) is 5.69 Å². The van der Waals surface area contributed by atoms with E-state index in [2.05, 4.69) is 10.0 Å². The fraction of sp³-hybridized carbons (Fsp3) is 0.300. The van der Waals surface area contributed by atoms with E-state index in [1.165, 1.54) is 31.0 Å². The number of carboxylic acids is 1. The first-order valence-electron chi connectivity index (χ1n) is 4.77. The highest BCUT2D eigenvalue weighted by molar-refractivity contribution is 7.99. The summed E-state index contributed by atoms with van der Waals surface area (Å²) in [5.41, 5.74) is 8.88. The molecule has 0 atom stereocenters. The minimum absolute atomic E-state index is 0.0559. The van der Waals surface area contributed by atoms with E-state index < -0.39 is 5.97 Å². The van der Waals surface area contributed by atoms with Crippen molar-refractivity contribution in [3.05, 3.63) is 28.1 Å². The minimum Gasteiger partial charge on any atom is -0.496 e. The molecule has 0 heterocycles. The molecule has 0 spiro atoms. The SMILES string of the molecule is CCSc1cc(C(=O)O)c(OC)cc1N=[N+]=[N-]. The van der Waals surface area contributed by atoms with Crippen LogP contribution in [0.25, 0.3) is 10.4 Å². The van der Waals surface area contributed by atoms with Gasteiger partial charge in [-0.15, -0.1) is 11.8 Å². The molecule has 1 rings (SSSR count). The maximum Gasteiger partial charge on any atom is 0.339 e. The highest BCUT2D eigenvalue weighted by atomic mass is 32.2. The predicted molar refractivity (Wildman–Crippen MR) is 65.2 cm³/mol. The number of rotatable bonds is 5. The molecule has 7 heteroatoms. The third-order valence-corrected chi connectivity index (χ3v) is 2.89. The summed E-state index contributed by atoms with van der Waals surface area (Å²) < 4.78 is 4.95. The fourth-order valence-electron chi connectivity index (χ4n) is 1.28. The van der Waals surface area contributed by atoms with Gasteiger partial charge in [0.25, 0.3) is 0 Å². The van der Waals surface area contributed by atoms with Gasteiger partial charge in [-0.3, -0.25) is 0 Å². The minimum atomic E-state index is -1.08. The average Bonchev–Trinajstić information content (AvgIpc) is 2.31. The third kappa shape index (κ3) is 3.05. The average molecular weight is 253 g/mol. The smallest absolute Gasteiger partial charge is 0.339 e. The Morgan fingerprint density at radius 2 is 2.35 bits per heavy atom. The summed E-state index contributed by atoms with van der Waals surface area (Å²) in [6, 6.07) is 2.89. The van der Waals surface area contributed by atoms with Crippen LogP contribution in [0.15, 0.2) is 22.1 Å². The van der Waals surface area contributed by atoms with Crippen molar-refractivity contribution in [3.63, 3.8) is 0 Å². The van der Waals surface area contributed by atoms with Crippen LogP contribution in [-0.2, 0) is 0 Å².